The van der Waals surface area contributed by atoms with E-state index in [4.69, 9.17) is 0 Å². The van der Waals surface area contributed by atoms with Gasteiger partial charge in [-0.3, -0.25) is 0 Å². The molecule has 1 heteroatoms. The molecule has 0 aromatic rings. The van der Waals surface area contributed by atoms with Crippen LogP contribution in [-0.4, -0.2) is 19.0 Å². The number of nitrogens with zero attached hydrogens (tertiary/aromatic N) is 1. The summed E-state index contributed by atoms with van der Waals surface area (Å²) in [7, 11) is 4.15. The minimum absolute atomic E-state index is 1.24. The third-order valence-electron chi connectivity index (χ3n) is 2.63. The predicted molar refractivity (Wildman–Crippen MR) is 70.1 cm³/mol. The summed E-state index contributed by atoms with van der Waals surface area (Å²) in [4.78, 5) is 2.10. The fraction of sp³-hybridized carbons (Fsp3) is 0.857. The second kappa shape index (κ2) is 11.6. The largest absolute Gasteiger partial charge is 0.384 e. The first-order valence-electron chi connectivity index (χ1n) is 6.60. The van der Waals surface area contributed by atoms with E-state index in [0.717, 1.165) is 0 Å². The summed E-state index contributed by atoms with van der Waals surface area (Å²) < 4.78 is 0. The van der Waals surface area contributed by atoms with Gasteiger partial charge in [-0.2, -0.15) is 0 Å². The lowest BCUT2D eigenvalue weighted by Gasteiger charge is -2.03. The summed E-state index contributed by atoms with van der Waals surface area (Å²) in [5.74, 6) is 0. The molecule has 0 spiro atoms. The maximum absolute atomic E-state index is 2.27. The highest BCUT2D eigenvalue weighted by atomic mass is 15.0. The Morgan fingerprint density at radius 3 is 1.87 bits per heavy atom. The van der Waals surface area contributed by atoms with E-state index in [1.165, 1.54) is 57.8 Å². The van der Waals surface area contributed by atoms with Crippen molar-refractivity contribution in [2.45, 2.75) is 64.7 Å². The third kappa shape index (κ3) is 13.5. The van der Waals surface area contributed by atoms with E-state index in [2.05, 4.69) is 38.2 Å². The van der Waals surface area contributed by atoms with Gasteiger partial charge < -0.3 is 4.90 Å². The second-order valence-electron chi connectivity index (χ2n) is 4.61. The highest BCUT2D eigenvalue weighted by Gasteiger charge is 1.90. The molecule has 0 saturated carbocycles. The Balaban J connectivity index is 2.99. The summed E-state index contributed by atoms with van der Waals surface area (Å²) in [6, 6.07) is 0. The molecule has 1 nitrogen and oxygen atoms in total. The fourth-order valence-corrected chi connectivity index (χ4v) is 1.68. The van der Waals surface area contributed by atoms with Crippen LogP contribution in [0.25, 0.3) is 0 Å². The lowest BCUT2D eigenvalue weighted by atomic mass is 10.1. The molecule has 0 aliphatic carbocycles. The molecule has 0 amide bonds. The minimum Gasteiger partial charge on any atom is -0.384 e. The number of rotatable bonds is 10. The lowest BCUT2D eigenvalue weighted by molar-refractivity contribution is 0.555. The van der Waals surface area contributed by atoms with E-state index in [1.54, 1.807) is 0 Å². The molecule has 0 aliphatic heterocycles. The zero-order valence-corrected chi connectivity index (χ0v) is 11.0. The highest BCUT2D eigenvalue weighted by Crippen LogP contribution is 2.09. The molecule has 90 valence electrons. The molecule has 0 heterocycles. The number of allylic oxidation sites excluding steroid dienone is 1. The van der Waals surface area contributed by atoms with Gasteiger partial charge in [-0.1, -0.05) is 57.9 Å². The van der Waals surface area contributed by atoms with Gasteiger partial charge in [-0.25, -0.2) is 0 Å². The topological polar surface area (TPSA) is 3.24 Å². The van der Waals surface area contributed by atoms with E-state index in [1.807, 2.05) is 0 Å². The molecule has 0 bridgehead atoms. The molecule has 0 aromatic carbocycles. The first-order chi connectivity index (χ1) is 7.27. The Kier molecular flexibility index (Phi) is 11.3. The van der Waals surface area contributed by atoms with Crippen LogP contribution in [0.4, 0.5) is 0 Å². The second-order valence-corrected chi connectivity index (χ2v) is 4.61. The van der Waals surface area contributed by atoms with Gasteiger partial charge in [0.15, 0.2) is 0 Å². The van der Waals surface area contributed by atoms with Crippen LogP contribution in [0.1, 0.15) is 64.7 Å². The van der Waals surface area contributed by atoms with E-state index in [0.29, 0.717) is 0 Å². The van der Waals surface area contributed by atoms with Crippen LogP contribution in [0.2, 0.25) is 0 Å². The first-order valence-corrected chi connectivity index (χ1v) is 6.60. The molecule has 0 fully saturated rings. The predicted octanol–water partition coefficient (Wildman–Crippen LogP) is 4.59. The van der Waals surface area contributed by atoms with Crippen molar-refractivity contribution in [1.29, 1.82) is 0 Å². The summed E-state index contributed by atoms with van der Waals surface area (Å²) >= 11 is 0. The molecule has 0 radical (unpaired) electrons. The van der Waals surface area contributed by atoms with Crippen molar-refractivity contribution in [3.05, 3.63) is 12.3 Å². The molecule has 0 aliphatic rings. The van der Waals surface area contributed by atoms with Crippen LogP contribution >= 0.6 is 0 Å². The average molecular weight is 211 g/mol. The molecule has 0 aromatic heterocycles. The summed E-state index contributed by atoms with van der Waals surface area (Å²) in [5, 5.41) is 0. The Hall–Kier alpha value is -0.460. The summed E-state index contributed by atoms with van der Waals surface area (Å²) in [5.41, 5.74) is 0. The minimum atomic E-state index is 1.24. The van der Waals surface area contributed by atoms with Gasteiger partial charge in [-0.15, -0.1) is 0 Å². The average Bonchev–Trinajstić information content (AvgIpc) is 2.20. The number of unbranched alkanes of at least 4 members (excludes halogenated alkanes) is 8. The van der Waals surface area contributed by atoms with Gasteiger partial charge in [0.05, 0.1) is 0 Å². The molecule has 15 heavy (non-hydrogen) atoms. The highest BCUT2D eigenvalue weighted by molar-refractivity contribution is 4.78. The van der Waals surface area contributed by atoms with Crippen molar-refractivity contribution in [3.8, 4) is 0 Å². The summed E-state index contributed by atoms with van der Waals surface area (Å²) in [6.07, 6.45) is 17.0. The Labute approximate surface area is 96.6 Å². The van der Waals surface area contributed by atoms with Gasteiger partial charge >= 0.3 is 0 Å². The zero-order valence-electron chi connectivity index (χ0n) is 11.0. The monoisotopic (exact) mass is 211 g/mol. The molecule has 0 rings (SSSR count). The van der Waals surface area contributed by atoms with Crippen molar-refractivity contribution >= 4 is 0 Å². The van der Waals surface area contributed by atoms with Crippen molar-refractivity contribution in [2.24, 2.45) is 0 Å². The molecule has 0 unspecified atom stereocenters. The van der Waals surface area contributed by atoms with E-state index < -0.39 is 0 Å². The van der Waals surface area contributed by atoms with Gasteiger partial charge in [-0.05, 0) is 19.0 Å². The van der Waals surface area contributed by atoms with Gasteiger partial charge in [0.1, 0.15) is 0 Å². The fourth-order valence-electron chi connectivity index (χ4n) is 1.68. The SMILES string of the molecule is CCCCCCCCCC/C=C/N(C)C. The molecular weight excluding hydrogens is 182 g/mol. The molecule has 0 N–H and O–H groups in total. The van der Waals surface area contributed by atoms with Gasteiger partial charge in [0, 0.05) is 14.1 Å². The van der Waals surface area contributed by atoms with Crippen molar-refractivity contribution in [2.75, 3.05) is 14.1 Å². The van der Waals surface area contributed by atoms with Crippen molar-refractivity contribution in [1.82, 2.24) is 4.90 Å². The van der Waals surface area contributed by atoms with Crippen LogP contribution in [0.5, 0.6) is 0 Å². The third-order valence-corrected chi connectivity index (χ3v) is 2.63. The van der Waals surface area contributed by atoms with E-state index in [-0.39, 0.29) is 0 Å². The zero-order chi connectivity index (χ0) is 11.4. The normalized spacial score (nSPS) is 11.1. The van der Waals surface area contributed by atoms with Crippen LogP contribution in [0.15, 0.2) is 12.3 Å². The lowest BCUT2D eigenvalue weighted by Crippen LogP contribution is -1.99. The quantitative estimate of drug-likeness (QED) is 0.478. The molecule has 0 saturated heterocycles. The Morgan fingerprint density at radius 2 is 1.33 bits per heavy atom. The maximum atomic E-state index is 2.27. The van der Waals surface area contributed by atoms with E-state index in [9.17, 15) is 0 Å². The van der Waals surface area contributed by atoms with Gasteiger partial charge in [0.25, 0.3) is 0 Å². The Bertz CT molecular complexity index is 138. The number of hydrogen-bond acceptors (Lipinski definition) is 1. The first kappa shape index (κ1) is 14.5. The van der Waals surface area contributed by atoms with Crippen LogP contribution in [0, 0.1) is 0 Å². The van der Waals surface area contributed by atoms with Crippen LogP contribution in [0.3, 0.4) is 0 Å². The smallest absolute Gasteiger partial charge is 0.00555 e. The van der Waals surface area contributed by atoms with Gasteiger partial charge in [0.2, 0.25) is 0 Å². The standard InChI is InChI=1S/C14H29N/c1-4-5-6-7-8-9-10-11-12-13-14-15(2)3/h13-14H,4-12H2,1-3H3/b14-13+. The number of hydrogen-bond donors (Lipinski definition) is 0. The van der Waals surface area contributed by atoms with Crippen LogP contribution < -0.4 is 0 Å². The Morgan fingerprint density at radius 1 is 0.800 bits per heavy atom. The van der Waals surface area contributed by atoms with Crippen molar-refractivity contribution < 1.29 is 0 Å². The van der Waals surface area contributed by atoms with Crippen molar-refractivity contribution in [3.63, 3.8) is 0 Å². The van der Waals surface area contributed by atoms with Crippen LogP contribution in [-0.2, 0) is 0 Å². The maximum Gasteiger partial charge on any atom is 0.00555 e. The van der Waals surface area contributed by atoms with E-state index >= 15 is 0 Å². The molecule has 0 atom stereocenters. The summed E-state index contributed by atoms with van der Waals surface area (Å²) in [6.45, 7) is 2.27. The molecular formula is C14H29N.